The second kappa shape index (κ2) is 9.34. The Labute approximate surface area is 184 Å². The number of carbonyl (C=O) groups excluding carboxylic acids is 1. The average molecular weight is 436 g/mol. The van der Waals surface area contributed by atoms with Gasteiger partial charge in [0.1, 0.15) is 5.82 Å². The summed E-state index contributed by atoms with van der Waals surface area (Å²) in [4.78, 5) is 41.5. The van der Waals surface area contributed by atoms with Gasteiger partial charge in [0.05, 0.1) is 7.11 Å². The van der Waals surface area contributed by atoms with Gasteiger partial charge in [-0.15, -0.1) is 13.2 Å². The summed E-state index contributed by atoms with van der Waals surface area (Å²) in [5.74, 6) is 0.753. The van der Waals surface area contributed by atoms with Crippen LogP contribution in [0.1, 0.15) is 18.3 Å². The molecule has 0 aliphatic carbocycles. The van der Waals surface area contributed by atoms with Crippen molar-refractivity contribution < 1.29 is 14.3 Å². The molecule has 1 aromatic carbocycles. The van der Waals surface area contributed by atoms with Crippen LogP contribution in [0.5, 0.6) is 11.5 Å². The maximum absolute atomic E-state index is 12.9. The van der Waals surface area contributed by atoms with Crippen molar-refractivity contribution in [2.75, 3.05) is 7.11 Å². The molecule has 0 N–H and O–H groups in total. The molecule has 0 radical (unpaired) electrons. The first kappa shape index (κ1) is 22.5. The van der Waals surface area contributed by atoms with E-state index in [9.17, 15) is 14.4 Å². The van der Waals surface area contributed by atoms with E-state index in [1.165, 1.54) is 24.7 Å². The minimum Gasteiger partial charge on any atom is -0.493 e. The van der Waals surface area contributed by atoms with E-state index in [0.29, 0.717) is 22.8 Å². The number of hydrogen-bond donors (Lipinski definition) is 0. The molecule has 0 spiro atoms. The molecule has 0 fully saturated rings. The summed E-state index contributed by atoms with van der Waals surface area (Å²) in [6, 6.07) is 5.09. The van der Waals surface area contributed by atoms with E-state index in [-0.39, 0.29) is 18.7 Å². The van der Waals surface area contributed by atoms with E-state index in [1.54, 1.807) is 48.0 Å². The SMILES string of the molecule is C=CCn1c(=O)c2c(nc(C=Cc3ccc(OC(C)=O)c(OC)c3)n2C)n(CC=C)c1=O. The fraction of sp³-hybridized carbons (Fsp3) is 0.217. The predicted octanol–water partition coefficient (Wildman–Crippen LogP) is 2.37. The molecule has 0 atom stereocenters. The highest BCUT2D eigenvalue weighted by Crippen LogP contribution is 2.29. The second-order valence-corrected chi connectivity index (χ2v) is 6.92. The van der Waals surface area contributed by atoms with Crippen LogP contribution in [0.2, 0.25) is 0 Å². The average Bonchev–Trinajstić information content (AvgIpc) is 3.09. The van der Waals surface area contributed by atoms with Gasteiger partial charge in [0.2, 0.25) is 0 Å². The summed E-state index contributed by atoms with van der Waals surface area (Å²) in [7, 11) is 3.19. The number of allylic oxidation sites excluding steroid dienone is 2. The molecular formula is C23H24N4O5. The van der Waals surface area contributed by atoms with Crippen LogP contribution in [0, 0.1) is 0 Å². The summed E-state index contributed by atoms with van der Waals surface area (Å²) >= 11 is 0. The quantitative estimate of drug-likeness (QED) is 0.306. The highest BCUT2D eigenvalue weighted by atomic mass is 16.6. The van der Waals surface area contributed by atoms with Crippen LogP contribution in [-0.2, 0) is 24.9 Å². The van der Waals surface area contributed by atoms with Crippen LogP contribution in [0.3, 0.4) is 0 Å². The minimum atomic E-state index is -0.471. The van der Waals surface area contributed by atoms with E-state index in [2.05, 4.69) is 18.1 Å². The number of esters is 1. The van der Waals surface area contributed by atoms with E-state index in [4.69, 9.17) is 9.47 Å². The molecule has 9 nitrogen and oxygen atoms in total. The Hall–Kier alpha value is -4.14. The van der Waals surface area contributed by atoms with Crippen LogP contribution >= 0.6 is 0 Å². The Balaban J connectivity index is 2.11. The number of nitrogens with zero attached hydrogens (tertiary/aromatic N) is 4. The molecule has 0 saturated carbocycles. The Morgan fingerprint density at radius 2 is 1.78 bits per heavy atom. The Bertz CT molecular complexity index is 1360. The van der Waals surface area contributed by atoms with Crippen molar-refractivity contribution in [2.24, 2.45) is 7.05 Å². The number of imidazole rings is 1. The number of aromatic nitrogens is 4. The summed E-state index contributed by atoms with van der Waals surface area (Å²) in [6.07, 6.45) is 6.57. The van der Waals surface area contributed by atoms with Gasteiger partial charge in [0.25, 0.3) is 5.56 Å². The molecule has 3 aromatic rings. The molecule has 3 rings (SSSR count). The van der Waals surface area contributed by atoms with Crippen molar-refractivity contribution in [3.63, 3.8) is 0 Å². The fourth-order valence-electron chi connectivity index (χ4n) is 3.31. The molecule has 0 bridgehead atoms. The Morgan fingerprint density at radius 1 is 1.09 bits per heavy atom. The lowest BCUT2D eigenvalue weighted by molar-refractivity contribution is -0.132. The van der Waals surface area contributed by atoms with Gasteiger partial charge in [-0.25, -0.2) is 9.78 Å². The summed E-state index contributed by atoms with van der Waals surface area (Å²) in [5.41, 5.74) is 0.437. The molecular weight excluding hydrogens is 412 g/mol. The predicted molar refractivity (Wildman–Crippen MR) is 123 cm³/mol. The molecule has 0 amide bonds. The first-order valence-corrected chi connectivity index (χ1v) is 9.78. The maximum atomic E-state index is 12.9. The van der Waals surface area contributed by atoms with Gasteiger partial charge in [0.15, 0.2) is 22.7 Å². The first-order chi connectivity index (χ1) is 15.3. The molecule has 9 heteroatoms. The zero-order valence-electron chi connectivity index (χ0n) is 18.2. The van der Waals surface area contributed by atoms with Crippen molar-refractivity contribution in [2.45, 2.75) is 20.0 Å². The van der Waals surface area contributed by atoms with Crippen molar-refractivity contribution in [3.8, 4) is 11.5 Å². The topological polar surface area (TPSA) is 97.3 Å². The van der Waals surface area contributed by atoms with Gasteiger partial charge >= 0.3 is 11.7 Å². The standard InChI is InChI=1S/C23H24N4O5/c1-6-12-26-21-20(22(29)27(13-7-2)23(26)30)25(4)19(24-21)11-9-16-8-10-17(32-15(3)28)18(14-16)31-5/h6-11,14H,1-2,12-13H2,3-5H3. The number of rotatable bonds is 8. The van der Waals surface area contributed by atoms with Crippen molar-refractivity contribution in [1.82, 2.24) is 18.7 Å². The highest BCUT2D eigenvalue weighted by Gasteiger charge is 2.18. The number of methoxy groups -OCH3 is 1. The zero-order valence-corrected chi connectivity index (χ0v) is 18.2. The molecule has 166 valence electrons. The van der Waals surface area contributed by atoms with E-state index in [1.807, 2.05) is 0 Å². The Morgan fingerprint density at radius 3 is 2.41 bits per heavy atom. The van der Waals surface area contributed by atoms with Gasteiger partial charge in [0, 0.05) is 27.1 Å². The molecule has 2 aromatic heterocycles. The second-order valence-electron chi connectivity index (χ2n) is 6.92. The number of hydrogen-bond acceptors (Lipinski definition) is 6. The van der Waals surface area contributed by atoms with Crippen LogP contribution in [0.4, 0.5) is 0 Å². The van der Waals surface area contributed by atoms with Gasteiger partial charge in [-0.3, -0.25) is 18.7 Å². The summed E-state index contributed by atoms with van der Waals surface area (Å²) in [6.45, 7) is 8.93. The lowest BCUT2D eigenvalue weighted by Gasteiger charge is -2.08. The fourth-order valence-corrected chi connectivity index (χ4v) is 3.31. The third-order valence-corrected chi connectivity index (χ3v) is 4.77. The Kier molecular flexibility index (Phi) is 6.58. The highest BCUT2D eigenvalue weighted by molar-refractivity contribution is 5.77. The number of aryl methyl sites for hydroxylation is 1. The number of benzene rings is 1. The molecule has 32 heavy (non-hydrogen) atoms. The van der Waals surface area contributed by atoms with Gasteiger partial charge in [-0.05, 0) is 23.8 Å². The van der Waals surface area contributed by atoms with E-state index < -0.39 is 17.2 Å². The van der Waals surface area contributed by atoms with Crippen LogP contribution in [0.15, 0.2) is 53.1 Å². The molecule has 0 saturated heterocycles. The van der Waals surface area contributed by atoms with E-state index >= 15 is 0 Å². The third kappa shape index (κ3) is 4.18. The largest absolute Gasteiger partial charge is 0.493 e. The van der Waals surface area contributed by atoms with Gasteiger partial charge in [-0.1, -0.05) is 24.3 Å². The summed E-state index contributed by atoms with van der Waals surface area (Å²) < 4.78 is 14.6. The lowest BCUT2D eigenvalue weighted by Crippen LogP contribution is -2.40. The minimum absolute atomic E-state index is 0.0928. The number of ether oxygens (including phenoxy) is 2. The van der Waals surface area contributed by atoms with Crippen LogP contribution < -0.4 is 20.7 Å². The summed E-state index contributed by atoms with van der Waals surface area (Å²) in [5, 5.41) is 0. The van der Waals surface area contributed by atoms with Crippen molar-refractivity contribution in [1.29, 1.82) is 0 Å². The van der Waals surface area contributed by atoms with E-state index in [0.717, 1.165) is 10.1 Å². The van der Waals surface area contributed by atoms with Crippen molar-refractivity contribution >= 4 is 29.3 Å². The maximum Gasteiger partial charge on any atom is 0.333 e. The van der Waals surface area contributed by atoms with Crippen molar-refractivity contribution in [3.05, 3.63) is 75.7 Å². The normalized spacial score (nSPS) is 11.1. The lowest BCUT2D eigenvalue weighted by atomic mass is 10.2. The van der Waals surface area contributed by atoms with Crippen LogP contribution in [-0.4, -0.2) is 31.8 Å². The van der Waals surface area contributed by atoms with Gasteiger partial charge < -0.3 is 14.0 Å². The monoisotopic (exact) mass is 436 g/mol. The molecule has 0 unspecified atom stereocenters. The third-order valence-electron chi connectivity index (χ3n) is 4.77. The first-order valence-electron chi connectivity index (χ1n) is 9.78. The van der Waals surface area contributed by atoms with Gasteiger partial charge in [-0.2, -0.15) is 0 Å². The molecule has 0 aliphatic rings. The van der Waals surface area contributed by atoms with Crippen LogP contribution in [0.25, 0.3) is 23.3 Å². The zero-order chi connectivity index (χ0) is 23.4. The molecule has 0 aliphatic heterocycles. The number of fused-ring (bicyclic) bond motifs is 1. The smallest absolute Gasteiger partial charge is 0.333 e. The number of carbonyl (C=O) groups is 1. The molecule has 2 heterocycles.